The van der Waals surface area contributed by atoms with E-state index in [-0.39, 0.29) is 11.3 Å². The number of aromatic nitrogens is 3. The zero-order valence-electron chi connectivity index (χ0n) is 21.0. The monoisotopic (exact) mass is 508 g/mol. The minimum atomic E-state index is -0.710. The van der Waals surface area contributed by atoms with Gasteiger partial charge in [-0.05, 0) is 66.4 Å². The van der Waals surface area contributed by atoms with Gasteiger partial charge in [0.1, 0.15) is 18.1 Å². The minimum Gasteiger partial charge on any atom is -0.507 e. The largest absolute Gasteiger partial charge is 0.507 e. The lowest BCUT2D eigenvalue weighted by Crippen LogP contribution is -2.31. The van der Waals surface area contributed by atoms with Crippen molar-refractivity contribution in [2.45, 2.75) is 32.5 Å². The Morgan fingerprint density at radius 1 is 0.947 bits per heavy atom. The van der Waals surface area contributed by atoms with Crippen molar-refractivity contribution in [3.05, 3.63) is 120 Å². The van der Waals surface area contributed by atoms with Crippen molar-refractivity contribution in [1.29, 1.82) is 0 Å². The maximum absolute atomic E-state index is 13.2. The van der Waals surface area contributed by atoms with Gasteiger partial charge in [-0.3, -0.25) is 14.6 Å². The summed E-state index contributed by atoms with van der Waals surface area (Å²) >= 11 is 0. The van der Waals surface area contributed by atoms with E-state index >= 15 is 0 Å². The highest BCUT2D eigenvalue weighted by atomic mass is 16.5. The number of Topliss-reactive ketones (excluding diaryl/α,β-unsaturated/α-hetero) is 1. The number of carbonyl (C=O) groups is 2. The fourth-order valence-corrected chi connectivity index (χ4v) is 4.64. The van der Waals surface area contributed by atoms with Crippen LogP contribution in [0.3, 0.4) is 0 Å². The number of aliphatic hydroxyl groups is 1. The molecule has 2 aromatic heterocycles. The lowest BCUT2D eigenvalue weighted by Gasteiger charge is -2.25. The molecule has 192 valence electrons. The highest BCUT2D eigenvalue weighted by Crippen LogP contribution is 2.39. The quantitative estimate of drug-likeness (QED) is 0.200. The minimum absolute atomic E-state index is 0.0670. The fraction of sp³-hybridized carbons (Fsp3) is 0.200. The third kappa shape index (κ3) is 5.20. The molecular formula is C30H28N4O4. The molecule has 1 aliphatic rings. The maximum atomic E-state index is 13.2. The summed E-state index contributed by atoms with van der Waals surface area (Å²) in [6, 6.07) is 17.7. The van der Waals surface area contributed by atoms with Crippen LogP contribution < -0.4 is 4.74 Å². The molecule has 0 spiro atoms. The molecule has 3 heterocycles. The van der Waals surface area contributed by atoms with Crippen molar-refractivity contribution in [2.75, 3.05) is 6.54 Å². The van der Waals surface area contributed by atoms with Gasteiger partial charge in [-0.2, -0.15) is 0 Å². The fourth-order valence-electron chi connectivity index (χ4n) is 4.64. The van der Waals surface area contributed by atoms with Gasteiger partial charge in [-0.25, -0.2) is 4.98 Å². The van der Waals surface area contributed by atoms with Crippen LogP contribution in [0.4, 0.5) is 0 Å². The third-order valence-electron chi connectivity index (χ3n) is 6.72. The van der Waals surface area contributed by atoms with Crippen molar-refractivity contribution in [1.82, 2.24) is 19.4 Å². The molecule has 1 fully saturated rings. The number of hydrogen-bond acceptors (Lipinski definition) is 6. The molecule has 0 radical (unpaired) electrons. The van der Waals surface area contributed by atoms with Gasteiger partial charge in [0.2, 0.25) is 0 Å². The maximum Gasteiger partial charge on any atom is 0.295 e. The van der Waals surface area contributed by atoms with E-state index in [2.05, 4.69) is 9.97 Å². The Hall–Kier alpha value is -4.72. The Morgan fingerprint density at radius 2 is 1.71 bits per heavy atom. The van der Waals surface area contributed by atoms with Gasteiger partial charge >= 0.3 is 0 Å². The van der Waals surface area contributed by atoms with E-state index < -0.39 is 17.7 Å². The number of aryl methyl sites for hydroxylation is 2. The first-order valence-electron chi connectivity index (χ1n) is 12.4. The van der Waals surface area contributed by atoms with Gasteiger partial charge in [-0.1, -0.05) is 24.3 Å². The van der Waals surface area contributed by atoms with Gasteiger partial charge in [0.25, 0.3) is 11.7 Å². The number of aliphatic hydroxyl groups excluding tert-OH is 1. The Balaban J connectivity index is 1.40. The highest BCUT2D eigenvalue weighted by Gasteiger charge is 2.45. The number of likely N-dealkylation sites (tertiary alicyclic amines) is 1. The standard InChI is InChI=1S/C30H28N4O4/c1-21-5-2-3-6-24(21)19-38-25-9-7-23(8-10-25)28(35)26-27(22-11-13-31-14-12-22)34(30(37)29(26)36)17-4-16-33-18-15-32-20-33/h2-3,5-15,18,20,27,35H,4,16-17,19H2,1H3/t27-/m1/s1. The molecule has 2 aromatic carbocycles. The first kappa shape index (κ1) is 25.0. The summed E-state index contributed by atoms with van der Waals surface area (Å²) in [6.07, 6.45) is 9.11. The number of imidazole rings is 1. The van der Waals surface area contributed by atoms with Crippen LogP contribution in [0.1, 0.15) is 34.7 Å². The van der Waals surface area contributed by atoms with Crippen LogP contribution in [-0.4, -0.2) is 42.8 Å². The number of nitrogens with zero attached hydrogens (tertiary/aromatic N) is 4. The van der Waals surface area contributed by atoms with E-state index in [0.29, 0.717) is 43.0 Å². The first-order valence-corrected chi connectivity index (χ1v) is 12.4. The van der Waals surface area contributed by atoms with Crippen molar-refractivity contribution in [2.24, 2.45) is 0 Å². The van der Waals surface area contributed by atoms with Crippen LogP contribution in [-0.2, 0) is 22.7 Å². The average Bonchev–Trinajstić information content (AvgIpc) is 3.55. The van der Waals surface area contributed by atoms with Gasteiger partial charge in [0, 0.05) is 43.4 Å². The average molecular weight is 509 g/mol. The Kier molecular flexibility index (Phi) is 7.31. The molecule has 0 saturated carbocycles. The summed E-state index contributed by atoms with van der Waals surface area (Å²) in [7, 11) is 0. The van der Waals surface area contributed by atoms with Gasteiger partial charge in [0.05, 0.1) is 17.9 Å². The van der Waals surface area contributed by atoms with Crippen LogP contribution in [0, 0.1) is 6.92 Å². The summed E-state index contributed by atoms with van der Waals surface area (Å²) in [4.78, 5) is 35.9. The van der Waals surface area contributed by atoms with Crippen molar-refractivity contribution in [3.8, 4) is 5.75 Å². The summed E-state index contributed by atoms with van der Waals surface area (Å²) in [6.45, 7) is 3.45. The van der Waals surface area contributed by atoms with Crippen LogP contribution in [0.2, 0.25) is 0 Å². The lowest BCUT2D eigenvalue weighted by atomic mass is 9.96. The molecule has 4 aromatic rings. The number of ether oxygens (including phenoxy) is 1. The number of benzene rings is 2. The molecule has 38 heavy (non-hydrogen) atoms. The number of carbonyl (C=O) groups excluding carboxylic acids is 2. The Morgan fingerprint density at radius 3 is 2.42 bits per heavy atom. The normalized spacial score (nSPS) is 16.7. The topological polar surface area (TPSA) is 97.6 Å². The van der Waals surface area contributed by atoms with Crippen LogP contribution in [0.5, 0.6) is 5.75 Å². The van der Waals surface area contributed by atoms with E-state index in [9.17, 15) is 14.7 Å². The Labute approximate surface area is 220 Å². The molecule has 0 unspecified atom stereocenters. The zero-order valence-corrected chi connectivity index (χ0v) is 21.0. The lowest BCUT2D eigenvalue weighted by molar-refractivity contribution is -0.139. The molecule has 8 heteroatoms. The number of pyridine rings is 1. The highest BCUT2D eigenvalue weighted by molar-refractivity contribution is 6.46. The van der Waals surface area contributed by atoms with Gasteiger partial charge in [0.15, 0.2) is 0 Å². The Bertz CT molecular complexity index is 1450. The molecule has 1 atom stereocenters. The van der Waals surface area contributed by atoms with E-state index in [1.807, 2.05) is 42.0 Å². The zero-order chi connectivity index (χ0) is 26.5. The number of amides is 1. The number of ketones is 1. The summed E-state index contributed by atoms with van der Waals surface area (Å²) in [5.41, 5.74) is 3.44. The molecule has 0 aliphatic carbocycles. The molecule has 1 saturated heterocycles. The van der Waals surface area contributed by atoms with Crippen molar-refractivity contribution in [3.63, 3.8) is 0 Å². The predicted molar refractivity (Wildman–Crippen MR) is 142 cm³/mol. The SMILES string of the molecule is Cc1ccccc1COc1ccc(C(O)=C2C(=O)C(=O)N(CCCn3ccnc3)[C@@H]2c2ccncc2)cc1. The van der Waals surface area contributed by atoms with E-state index in [0.717, 1.165) is 11.1 Å². The molecule has 1 N–H and O–H groups in total. The van der Waals surface area contributed by atoms with E-state index in [4.69, 9.17) is 4.74 Å². The second kappa shape index (κ2) is 11.1. The number of rotatable bonds is 9. The van der Waals surface area contributed by atoms with Crippen LogP contribution >= 0.6 is 0 Å². The molecule has 0 bridgehead atoms. The third-order valence-corrected chi connectivity index (χ3v) is 6.72. The first-order chi connectivity index (χ1) is 18.5. The predicted octanol–water partition coefficient (Wildman–Crippen LogP) is 4.68. The summed E-state index contributed by atoms with van der Waals surface area (Å²) in [5.74, 6) is -0.910. The van der Waals surface area contributed by atoms with Crippen LogP contribution in [0.15, 0.2) is 97.4 Å². The molecule has 1 amide bonds. The molecule has 1 aliphatic heterocycles. The van der Waals surface area contributed by atoms with Crippen molar-refractivity contribution < 1.29 is 19.4 Å². The summed E-state index contributed by atoms with van der Waals surface area (Å²) in [5, 5.41) is 11.3. The number of hydrogen-bond donors (Lipinski definition) is 1. The van der Waals surface area contributed by atoms with E-state index in [1.165, 1.54) is 4.90 Å². The van der Waals surface area contributed by atoms with Gasteiger partial charge in [-0.15, -0.1) is 0 Å². The second-order valence-electron chi connectivity index (χ2n) is 9.17. The van der Waals surface area contributed by atoms with Crippen molar-refractivity contribution >= 4 is 17.4 Å². The molecular weight excluding hydrogens is 480 g/mol. The summed E-state index contributed by atoms with van der Waals surface area (Å²) < 4.78 is 7.83. The van der Waals surface area contributed by atoms with E-state index in [1.54, 1.807) is 61.3 Å². The van der Waals surface area contributed by atoms with Gasteiger partial charge < -0.3 is 19.3 Å². The second-order valence-corrected chi connectivity index (χ2v) is 9.17. The smallest absolute Gasteiger partial charge is 0.295 e. The molecule has 5 rings (SSSR count). The van der Waals surface area contributed by atoms with Crippen LogP contribution in [0.25, 0.3) is 5.76 Å². The molecule has 8 nitrogen and oxygen atoms in total.